The van der Waals surface area contributed by atoms with Crippen LogP contribution in [0.15, 0.2) is 12.2 Å². The number of carbonyl (C=O) groups excluding carboxylic acids is 2. The minimum absolute atomic E-state index is 0.0303. The lowest BCUT2D eigenvalue weighted by Gasteiger charge is -2.28. The Morgan fingerprint density at radius 1 is 0.667 bits per heavy atom. The highest BCUT2D eigenvalue weighted by Gasteiger charge is 2.21. The molecule has 266 valence electrons. The van der Waals surface area contributed by atoms with Gasteiger partial charge in [-0.3, -0.25) is 14.2 Å². The van der Waals surface area contributed by atoms with E-state index in [1.807, 2.05) is 21.1 Å². The average molecular weight is 662 g/mol. The number of allylic oxidation sites excluding steroid dienone is 2. The molecule has 0 bridgehead atoms. The van der Waals surface area contributed by atoms with E-state index in [9.17, 15) is 19.0 Å². The summed E-state index contributed by atoms with van der Waals surface area (Å²) in [7, 11) is 1.16. The Labute approximate surface area is 276 Å². The number of nitrogens with zero attached hydrogens (tertiary/aromatic N) is 1. The number of phosphoric acid groups is 1. The van der Waals surface area contributed by atoms with Crippen LogP contribution in [0, 0.1) is 0 Å². The van der Waals surface area contributed by atoms with Crippen LogP contribution in [0.2, 0.25) is 0 Å². The topological polar surface area (TPSA) is 111 Å². The maximum absolute atomic E-state index is 12.5. The van der Waals surface area contributed by atoms with Gasteiger partial charge >= 0.3 is 11.9 Å². The molecular weight excluding hydrogens is 593 g/mol. The van der Waals surface area contributed by atoms with Crippen molar-refractivity contribution in [3.8, 4) is 0 Å². The van der Waals surface area contributed by atoms with Crippen molar-refractivity contribution in [1.29, 1.82) is 0 Å². The van der Waals surface area contributed by atoms with Crippen molar-refractivity contribution in [1.82, 2.24) is 0 Å². The molecule has 9 nitrogen and oxygen atoms in total. The lowest BCUT2D eigenvalue weighted by molar-refractivity contribution is -0.870. The third kappa shape index (κ3) is 32.5. The van der Waals surface area contributed by atoms with Crippen LogP contribution in [0.3, 0.4) is 0 Å². The largest absolute Gasteiger partial charge is 0.756 e. The Kier molecular flexibility index (Phi) is 28.1. The summed E-state index contributed by atoms with van der Waals surface area (Å²) < 4.78 is 33.5. The highest BCUT2D eigenvalue weighted by molar-refractivity contribution is 7.45. The van der Waals surface area contributed by atoms with Gasteiger partial charge in [0.05, 0.1) is 27.7 Å². The standard InChI is InChI=1S/C35H68NO8P/c1-6-8-10-12-14-15-16-17-18-19-20-21-22-24-26-28-35(38)44-33(31-41-34(37)27-25-23-13-11-9-7-2)32-43-45(39,40)42-30-29-36(3,4)5/h17-18,33H,6-16,19-32H2,1-5H3/b18-17-. The number of unbranched alkanes of at least 4 members (excludes halogenated alkanes) is 16. The van der Waals surface area contributed by atoms with Crippen molar-refractivity contribution >= 4 is 19.8 Å². The fraction of sp³-hybridized carbons (Fsp3) is 0.886. The van der Waals surface area contributed by atoms with E-state index in [2.05, 4.69) is 26.0 Å². The van der Waals surface area contributed by atoms with Gasteiger partial charge in [-0.1, -0.05) is 109 Å². The summed E-state index contributed by atoms with van der Waals surface area (Å²) in [6.07, 6.45) is 25.5. The second-order valence-electron chi connectivity index (χ2n) is 13.2. The van der Waals surface area contributed by atoms with E-state index in [0.29, 0.717) is 17.4 Å². The number of carbonyl (C=O) groups is 2. The van der Waals surface area contributed by atoms with Crippen LogP contribution in [-0.2, 0) is 32.7 Å². The number of phosphoric ester groups is 1. The Morgan fingerprint density at radius 2 is 1.13 bits per heavy atom. The third-order valence-corrected chi connectivity index (χ3v) is 8.50. The summed E-state index contributed by atoms with van der Waals surface area (Å²) in [6.45, 7) is 4.12. The van der Waals surface area contributed by atoms with Crippen LogP contribution in [0.25, 0.3) is 0 Å². The van der Waals surface area contributed by atoms with Crippen LogP contribution in [-0.4, -0.2) is 70.0 Å². The van der Waals surface area contributed by atoms with Crippen molar-refractivity contribution in [2.75, 3.05) is 47.5 Å². The Hall–Kier alpha value is -1.25. The molecule has 0 saturated carbocycles. The molecule has 0 aromatic heterocycles. The van der Waals surface area contributed by atoms with Gasteiger partial charge in [0.2, 0.25) is 0 Å². The molecule has 2 atom stereocenters. The van der Waals surface area contributed by atoms with E-state index in [-0.39, 0.29) is 26.1 Å². The molecule has 45 heavy (non-hydrogen) atoms. The van der Waals surface area contributed by atoms with Crippen LogP contribution < -0.4 is 4.89 Å². The maximum Gasteiger partial charge on any atom is 0.306 e. The highest BCUT2D eigenvalue weighted by Crippen LogP contribution is 2.38. The first kappa shape index (κ1) is 43.8. The van der Waals surface area contributed by atoms with Crippen molar-refractivity contribution in [3.05, 3.63) is 12.2 Å². The molecule has 0 spiro atoms. The zero-order valence-electron chi connectivity index (χ0n) is 29.6. The molecule has 0 aromatic carbocycles. The molecule has 0 aliphatic heterocycles. The lowest BCUT2D eigenvalue weighted by Crippen LogP contribution is -2.37. The summed E-state index contributed by atoms with van der Waals surface area (Å²) >= 11 is 0. The fourth-order valence-corrected chi connectivity index (χ4v) is 5.38. The molecular formula is C35H68NO8P. The van der Waals surface area contributed by atoms with E-state index < -0.39 is 32.5 Å². The SMILES string of the molecule is CCCCCCCC/C=C\CCCCCCCC(=O)OC(COC(=O)CCCCCCCC)COP(=O)([O-])OCC[N+](C)(C)C. The number of quaternary nitrogens is 1. The predicted molar refractivity (Wildman–Crippen MR) is 181 cm³/mol. The molecule has 0 amide bonds. The molecule has 0 rings (SSSR count). The van der Waals surface area contributed by atoms with Crippen molar-refractivity contribution in [2.45, 2.75) is 155 Å². The minimum Gasteiger partial charge on any atom is -0.756 e. The summed E-state index contributed by atoms with van der Waals surface area (Å²) in [6, 6.07) is 0. The van der Waals surface area contributed by atoms with Gasteiger partial charge in [-0.15, -0.1) is 0 Å². The lowest BCUT2D eigenvalue weighted by atomic mass is 10.1. The third-order valence-electron chi connectivity index (χ3n) is 7.54. The van der Waals surface area contributed by atoms with Gasteiger partial charge < -0.3 is 27.9 Å². The van der Waals surface area contributed by atoms with E-state index in [1.165, 1.54) is 57.8 Å². The Bertz CT molecular complexity index is 799. The monoisotopic (exact) mass is 661 g/mol. The van der Waals surface area contributed by atoms with E-state index in [0.717, 1.165) is 57.8 Å². The van der Waals surface area contributed by atoms with Gasteiger partial charge in [-0.2, -0.15) is 0 Å². The molecule has 10 heteroatoms. The fourth-order valence-electron chi connectivity index (χ4n) is 4.65. The summed E-state index contributed by atoms with van der Waals surface area (Å²) in [4.78, 5) is 37.0. The Morgan fingerprint density at radius 3 is 1.64 bits per heavy atom. The van der Waals surface area contributed by atoms with Crippen LogP contribution >= 0.6 is 7.82 Å². The van der Waals surface area contributed by atoms with Gasteiger partial charge in [0.25, 0.3) is 7.82 Å². The smallest absolute Gasteiger partial charge is 0.306 e. The first-order valence-corrected chi connectivity index (χ1v) is 19.4. The molecule has 0 heterocycles. The van der Waals surface area contributed by atoms with Gasteiger partial charge in [-0.05, 0) is 38.5 Å². The molecule has 0 aliphatic carbocycles. The zero-order valence-corrected chi connectivity index (χ0v) is 30.5. The highest BCUT2D eigenvalue weighted by atomic mass is 31.2. The number of hydrogen-bond acceptors (Lipinski definition) is 8. The van der Waals surface area contributed by atoms with Gasteiger partial charge in [0.15, 0.2) is 6.10 Å². The average Bonchev–Trinajstić information content (AvgIpc) is 2.97. The minimum atomic E-state index is -4.60. The van der Waals surface area contributed by atoms with Gasteiger partial charge in [0.1, 0.15) is 19.8 Å². The van der Waals surface area contributed by atoms with Crippen molar-refractivity contribution in [3.63, 3.8) is 0 Å². The second-order valence-corrected chi connectivity index (χ2v) is 14.6. The molecule has 0 fully saturated rings. The van der Waals surface area contributed by atoms with E-state index in [1.54, 1.807) is 0 Å². The molecule has 0 radical (unpaired) electrons. The Balaban J connectivity index is 4.40. The molecule has 0 N–H and O–H groups in total. The first-order valence-electron chi connectivity index (χ1n) is 17.9. The number of likely N-dealkylation sites (N-methyl/N-ethyl adjacent to an activating group) is 1. The van der Waals surface area contributed by atoms with Crippen molar-refractivity contribution in [2.24, 2.45) is 0 Å². The number of esters is 2. The van der Waals surface area contributed by atoms with E-state index in [4.69, 9.17) is 18.5 Å². The molecule has 0 aliphatic rings. The van der Waals surface area contributed by atoms with Crippen LogP contribution in [0.1, 0.15) is 149 Å². The number of rotatable bonds is 32. The van der Waals surface area contributed by atoms with Gasteiger partial charge in [0, 0.05) is 12.8 Å². The van der Waals surface area contributed by atoms with E-state index >= 15 is 0 Å². The number of ether oxygens (including phenoxy) is 2. The summed E-state index contributed by atoms with van der Waals surface area (Å²) in [5.74, 6) is -0.854. The number of hydrogen-bond donors (Lipinski definition) is 0. The van der Waals surface area contributed by atoms with Crippen molar-refractivity contribution < 1.29 is 42.1 Å². The molecule has 2 unspecified atom stereocenters. The second kappa shape index (κ2) is 28.9. The quantitative estimate of drug-likeness (QED) is 0.0232. The molecule has 0 saturated heterocycles. The van der Waals surface area contributed by atoms with Crippen LogP contribution in [0.4, 0.5) is 0 Å². The van der Waals surface area contributed by atoms with Crippen LogP contribution in [0.5, 0.6) is 0 Å². The van der Waals surface area contributed by atoms with Gasteiger partial charge in [-0.25, -0.2) is 0 Å². The summed E-state index contributed by atoms with van der Waals surface area (Å²) in [5, 5.41) is 0. The predicted octanol–water partition coefficient (Wildman–Crippen LogP) is 8.44. The summed E-state index contributed by atoms with van der Waals surface area (Å²) in [5.41, 5.74) is 0. The zero-order chi connectivity index (χ0) is 33.7. The normalized spacial score (nSPS) is 14.0. The maximum atomic E-state index is 12.5. The molecule has 0 aromatic rings. The first-order chi connectivity index (χ1) is 21.5.